The molecule has 0 atom stereocenters. The van der Waals surface area contributed by atoms with Crippen LogP contribution in [-0.2, 0) is 0 Å². The zero-order valence-electron chi connectivity index (χ0n) is 9.94. The van der Waals surface area contributed by atoms with Gasteiger partial charge in [0.05, 0.1) is 5.56 Å². The third kappa shape index (κ3) is 3.57. The van der Waals surface area contributed by atoms with Crippen molar-refractivity contribution in [3.63, 3.8) is 0 Å². The van der Waals surface area contributed by atoms with E-state index < -0.39 is 5.97 Å². The fourth-order valence-electron chi connectivity index (χ4n) is 1.59. The van der Waals surface area contributed by atoms with Crippen LogP contribution in [0, 0.1) is 0 Å². The van der Waals surface area contributed by atoms with E-state index in [1.165, 1.54) is 19.3 Å². The fourth-order valence-corrected chi connectivity index (χ4v) is 1.59. The molecule has 0 saturated heterocycles. The molecule has 0 aromatic heterocycles. The Kier molecular flexibility index (Phi) is 4.83. The van der Waals surface area contributed by atoms with Crippen LogP contribution in [0.3, 0.4) is 0 Å². The van der Waals surface area contributed by atoms with Gasteiger partial charge in [0.1, 0.15) is 0 Å². The number of carboxylic acid groups (broad SMARTS) is 1. The second-order valence-electron chi connectivity index (χ2n) is 3.98. The van der Waals surface area contributed by atoms with Crippen LogP contribution >= 0.6 is 0 Å². The molecule has 0 heterocycles. The van der Waals surface area contributed by atoms with E-state index >= 15 is 0 Å². The first-order valence-electron chi connectivity index (χ1n) is 5.69. The third-order valence-electron chi connectivity index (χ3n) is 2.65. The van der Waals surface area contributed by atoms with Crippen LogP contribution < -0.4 is 4.90 Å². The molecule has 0 aliphatic rings. The number of unbranched alkanes of at least 4 members (excludes halogenated alkanes) is 2. The van der Waals surface area contributed by atoms with Crippen LogP contribution in [0.1, 0.15) is 36.5 Å². The second-order valence-corrected chi connectivity index (χ2v) is 3.98. The summed E-state index contributed by atoms with van der Waals surface area (Å²) in [6.07, 6.45) is 3.62. The van der Waals surface area contributed by atoms with Gasteiger partial charge in [-0.15, -0.1) is 0 Å². The largest absolute Gasteiger partial charge is 0.478 e. The number of rotatable bonds is 6. The topological polar surface area (TPSA) is 40.5 Å². The van der Waals surface area contributed by atoms with Crippen LogP contribution in [0.25, 0.3) is 0 Å². The van der Waals surface area contributed by atoms with Crippen molar-refractivity contribution >= 4 is 11.7 Å². The molecule has 0 aliphatic carbocycles. The number of hydrogen-bond acceptors (Lipinski definition) is 2. The Hall–Kier alpha value is -1.51. The lowest BCUT2D eigenvalue weighted by molar-refractivity contribution is 0.0697. The highest BCUT2D eigenvalue weighted by Crippen LogP contribution is 2.14. The maximum Gasteiger partial charge on any atom is 0.335 e. The summed E-state index contributed by atoms with van der Waals surface area (Å²) < 4.78 is 0. The molecule has 0 fully saturated rings. The van der Waals surface area contributed by atoms with Gasteiger partial charge in [-0.2, -0.15) is 0 Å². The predicted molar refractivity (Wildman–Crippen MR) is 66.2 cm³/mol. The van der Waals surface area contributed by atoms with Gasteiger partial charge in [0.15, 0.2) is 0 Å². The summed E-state index contributed by atoms with van der Waals surface area (Å²) in [5, 5.41) is 8.77. The summed E-state index contributed by atoms with van der Waals surface area (Å²) >= 11 is 0. The molecule has 88 valence electrons. The fraction of sp³-hybridized carbons (Fsp3) is 0.462. The van der Waals surface area contributed by atoms with Gasteiger partial charge in [-0.3, -0.25) is 0 Å². The number of nitrogens with zero attached hydrogens (tertiary/aromatic N) is 1. The van der Waals surface area contributed by atoms with Crippen LogP contribution in [-0.4, -0.2) is 24.7 Å². The van der Waals surface area contributed by atoms with Crippen LogP contribution in [0.5, 0.6) is 0 Å². The standard InChI is InChI=1S/C13H19NO2/c1-3-4-5-10-14(2)12-8-6-11(7-9-12)13(15)16/h6-9H,3-5,10H2,1-2H3,(H,15,16). The highest BCUT2D eigenvalue weighted by molar-refractivity contribution is 5.88. The first kappa shape index (κ1) is 12.6. The van der Waals surface area contributed by atoms with Crippen LogP contribution in [0.2, 0.25) is 0 Å². The van der Waals surface area contributed by atoms with E-state index in [9.17, 15) is 4.79 Å². The quantitative estimate of drug-likeness (QED) is 0.751. The Morgan fingerprint density at radius 2 is 1.88 bits per heavy atom. The van der Waals surface area contributed by atoms with Crippen molar-refractivity contribution in [3.05, 3.63) is 29.8 Å². The SMILES string of the molecule is CCCCCN(C)c1ccc(C(=O)O)cc1. The van der Waals surface area contributed by atoms with E-state index in [1.54, 1.807) is 12.1 Å². The number of anilines is 1. The minimum Gasteiger partial charge on any atom is -0.478 e. The van der Waals surface area contributed by atoms with Crippen LogP contribution in [0.15, 0.2) is 24.3 Å². The molecular formula is C13H19NO2. The van der Waals surface area contributed by atoms with Crippen molar-refractivity contribution < 1.29 is 9.90 Å². The van der Waals surface area contributed by atoms with Crippen molar-refractivity contribution in [2.75, 3.05) is 18.5 Å². The highest BCUT2D eigenvalue weighted by Gasteiger charge is 2.04. The molecular weight excluding hydrogens is 202 g/mol. The van der Waals surface area contributed by atoms with Gasteiger partial charge in [-0.25, -0.2) is 4.79 Å². The average molecular weight is 221 g/mol. The number of carboxylic acids is 1. The van der Waals surface area contributed by atoms with Crippen LogP contribution in [0.4, 0.5) is 5.69 Å². The van der Waals surface area contributed by atoms with Gasteiger partial charge >= 0.3 is 5.97 Å². The molecule has 16 heavy (non-hydrogen) atoms. The first-order chi connectivity index (χ1) is 7.65. The number of carbonyl (C=O) groups is 1. The van der Waals surface area contributed by atoms with Crippen molar-refractivity contribution in [1.82, 2.24) is 0 Å². The summed E-state index contributed by atoms with van der Waals surface area (Å²) in [7, 11) is 2.03. The lowest BCUT2D eigenvalue weighted by Crippen LogP contribution is -2.18. The van der Waals surface area contributed by atoms with Gasteiger partial charge in [0, 0.05) is 19.3 Å². The van der Waals surface area contributed by atoms with E-state index in [2.05, 4.69) is 11.8 Å². The average Bonchev–Trinajstić information content (AvgIpc) is 2.29. The first-order valence-corrected chi connectivity index (χ1v) is 5.69. The zero-order valence-corrected chi connectivity index (χ0v) is 9.94. The Morgan fingerprint density at radius 1 is 1.25 bits per heavy atom. The molecule has 0 amide bonds. The van der Waals surface area contributed by atoms with Crippen molar-refractivity contribution in [1.29, 1.82) is 0 Å². The van der Waals surface area contributed by atoms with Gasteiger partial charge in [-0.1, -0.05) is 19.8 Å². The van der Waals surface area contributed by atoms with Crippen molar-refractivity contribution in [2.24, 2.45) is 0 Å². The van der Waals surface area contributed by atoms with E-state index in [1.807, 2.05) is 19.2 Å². The molecule has 1 rings (SSSR count). The molecule has 0 bridgehead atoms. The highest BCUT2D eigenvalue weighted by atomic mass is 16.4. The van der Waals surface area contributed by atoms with E-state index in [-0.39, 0.29) is 0 Å². The van der Waals surface area contributed by atoms with E-state index in [4.69, 9.17) is 5.11 Å². The Labute approximate surface area is 96.7 Å². The summed E-state index contributed by atoms with van der Waals surface area (Å²) in [6.45, 7) is 3.20. The maximum atomic E-state index is 10.7. The van der Waals surface area contributed by atoms with Gasteiger partial charge in [0.2, 0.25) is 0 Å². The smallest absolute Gasteiger partial charge is 0.335 e. The Morgan fingerprint density at radius 3 is 2.38 bits per heavy atom. The third-order valence-corrected chi connectivity index (χ3v) is 2.65. The van der Waals surface area contributed by atoms with Gasteiger partial charge in [-0.05, 0) is 30.7 Å². The number of benzene rings is 1. The minimum absolute atomic E-state index is 0.339. The molecule has 1 aromatic rings. The van der Waals surface area contributed by atoms with E-state index in [0.29, 0.717) is 5.56 Å². The summed E-state index contributed by atoms with van der Waals surface area (Å²) in [6, 6.07) is 7.01. The second kappa shape index (κ2) is 6.16. The lowest BCUT2D eigenvalue weighted by atomic mass is 10.2. The molecule has 1 N–H and O–H groups in total. The Balaban J connectivity index is 2.56. The monoisotopic (exact) mass is 221 g/mol. The van der Waals surface area contributed by atoms with Crippen molar-refractivity contribution in [2.45, 2.75) is 26.2 Å². The summed E-state index contributed by atoms with van der Waals surface area (Å²) in [5.74, 6) is -0.875. The molecule has 0 radical (unpaired) electrons. The van der Waals surface area contributed by atoms with E-state index in [0.717, 1.165) is 12.2 Å². The molecule has 0 saturated carbocycles. The Bertz CT molecular complexity index is 332. The molecule has 0 unspecified atom stereocenters. The zero-order chi connectivity index (χ0) is 12.0. The lowest BCUT2D eigenvalue weighted by Gasteiger charge is -2.19. The minimum atomic E-state index is -0.875. The molecule has 3 heteroatoms. The molecule has 0 spiro atoms. The van der Waals surface area contributed by atoms with Gasteiger partial charge in [0.25, 0.3) is 0 Å². The maximum absolute atomic E-state index is 10.7. The summed E-state index contributed by atoms with van der Waals surface area (Å²) in [5.41, 5.74) is 1.41. The number of hydrogen-bond donors (Lipinski definition) is 1. The molecule has 1 aromatic carbocycles. The molecule has 0 aliphatic heterocycles. The predicted octanol–water partition coefficient (Wildman–Crippen LogP) is 3.01. The molecule has 3 nitrogen and oxygen atoms in total. The van der Waals surface area contributed by atoms with Crippen molar-refractivity contribution in [3.8, 4) is 0 Å². The summed E-state index contributed by atoms with van der Waals surface area (Å²) in [4.78, 5) is 12.8. The number of aromatic carboxylic acids is 1. The normalized spacial score (nSPS) is 10.1. The van der Waals surface area contributed by atoms with Gasteiger partial charge < -0.3 is 10.0 Å².